The zero-order valence-corrected chi connectivity index (χ0v) is 14.0. The lowest BCUT2D eigenvalue weighted by Gasteiger charge is -2.19. The highest BCUT2D eigenvalue weighted by atomic mass is 16.6. The molecule has 1 amide bonds. The van der Waals surface area contributed by atoms with Crippen molar-refractivity contribution in [1.29, 1.82) is 0 Å². The first kappa shape index (κ1) is 17.4. The van der Waals surface area contributed by atoms with Crippen LogP contribution in [0.3, 0.4) is 0 Å². The highest BCUT2D eigenvalue weighted by Crippen LogP contribution is 2.27. The fourth-order valence-corrected chi connectivity index (χ4v) is 2.50. The Labute approximate surface area is 149 Å². The lowest BCUT2D eigenvalue weighted by Crippen LogP contribution is -2.34. The summed E-state index contributed by atoms with van der Waals surface area (Å²) in [6, 6.07) is 13.3. The predicted molar refractivity (Wildman–Crippen MR) is 94.4 cm³/mol. The third-order valence-electron chi connectivity index (χ3n) is 3.83. The van der Waals surface area contributed by atoms with E-state index in [-0.39, 0.29) is 11.4 Å². The molecule has 1 atom stereocenters. The van der Waals surface area contributed by atoms with Crippen LogP contribution < -0.4 is 14.9 Å². The molecule has 2 aromatic rings. The smallest absolute Gasteiger partial charge is 0.310 e. The first-order chi connectivity index (χ1) is 12.6. The number of para-hydroxylation sites is 3. The van der Waals surface area contributed by atoms with Gasteiger partial charge < -0.3 is 9.47 Å². The van der Waals surface area contributed by atoms with Gasteiger partial charge in [0.15, 0.2) is 11.9 Å². The van der Waals surface area contributed by atoms with E-state index in [0.29, 0.717) is 18.7 Å². The fraction of sp³-hybridized carbons (Fsp3) is 0.222. The van der Waals surface area contributed by atoms with Crippen LogP contribution in [0.1, 0.15) is 18.9 Å². The van der Waals surface area contributed by atoms with Gasteiger partial charge in [-0.3, -0.25) is 14.9 Å². The average Bonchev–Trinajstić information content (AvgIpc) is 2.66. The quantitative estimate of drug-likeness (QED) is 0.656. The first-order valence-corrected chi connectivity index (χ1v) is 8.05. The van der Waals surface area contributed by atoms with E-state index >= 15 is 0 Å². The van der Waals surface area contributed by atoms with E-state index in [1.807, 2.05) is 24.3 Å². The number of nitro groups is 1. The Morgan fingerprint density at radius 1 is 1.27 bits per heavy atom. The molecule has 8 heteroatoms. The third kappa shape index (κ3) is 3.80. The number of nitrogens with one attached hydrogen (secondary N) is 1. The minimum atomic E-state index is -0.949. The van der Waals surface area contributed by atoms with Gasteiger partial charge in [-0.25, -0.2) is 5.43 Å². The molecule has 0 saturated carbocycles. The Balaban J connectivity index is 1.69. The lowest BCUT2D eigenvalue weighted by atomic mass is 10.0. The molecule has 0 fully saturated rings. The number of hydrogen-bond donors (Lipinski definition) is 1. The molecule has 0 bridgehead atoms. The summed E-state index contributed by atoms with van der Waals surface area (Å²) in [5.74, 6) is 0.250. The molecule has 2 aromatic carbocycles. The molecule has 1 aliphatic rings. The first-order valence-electron chi connectivity index (χ1n) is 8.05. The normalized spacial score (nSPS) is 15.5. The van der Waals surface area contributed by atoms with Gasteiger partial charge in [-0.15, -0.1) is 0 Å². The van der Waals surface area contributed by atoms with Crippen LogP contribution in [-0.4, -0.2) is 29.3 Å². The van der Waals surface area contributed by atoms with E-state index in [2.05, 4.69) is 10.5 Å². The summed E-state index contributed by atoms with van der Waals surface area (Å²) in [5, 5.41) is 15.2. The van der Waals surface area contributed by atoms with Crippen LogP contribution in [0, 0.1) is 10.1 Å². The summed E-state index contributed by atoms with van der Waals surface area (Å²) in [5.41, 5.74) is 3.80. The molecular formula is C18H17N3O5. The van der Waals surface area contributed by atoms with Crippen LogP contribution >= 0.6 is 0 Å². The van der Waals surface area contributed by atoms with Crippen molar-refractivity contribution in [2.75, 3.05) is 6.61 Å². The highest BCUT2D eigenvalue weighted by molar-refractivity contribution is 6.04. The second-order valence-corrected chi connectivity index (χ2v) is 5.61. The highest BCUT2D eigenvalue weighted by Gasteiger charge is 2.21. The maximum absolute atomic E-state index is 12.2. The van der Waals surface area contributed by atoms with Gasteiger partial charge in [-0.2, -0.15) is 5.10 Å². The number of hydrazone groups is 1. The Bertz CT molecular complexity index is 865. The van der Waals surface area contributed by atoms with Gasteiger partial charge in [0.25, 0.3) is 5.91 Å². The number of carbonyl (C=O) groups excluding carboxylic acids is 1. The van der Waals surface area contributed by atoms with E-state index in [1.165, 1.54) is 25.1 Å². The standard InChI is InChI=1S/C18H17N3O5/c1-12(26-17-9-5-3-7-15(17)21(23)24)18(22)20-19-14-10-11-25-16-8-4-2-6-13(14)16/h2-9,12H,10-11H2,1H3,(H,20,22)/b19-14-/t12-/m1/s1. The molecule has 134 valence electrons. The van der Waals surface area contributed by atoms with E-state index in [4.69, 9.17) is 9.47 Å². The van der Waals surface area contributed by atoms with Crippen molar-refractivity contribution in [3.05, 3.63) is 64.2 Å². The molecule has 1 N–H and O–H groups in total. The number of carbonyl (C=O) groups is 1. The molecule has 0 spiro atoms. The van der Waals surface area contributed by atoms with Crippen LogP contribution in [0.5, 0.6) is 11.5 Å². The molecule has 0 aromatic heterocycles. The maximum atomic E-state index is 12.2. The second-order valence-electron chi connectivity index (χ2n) is 5.61. The largest absolute Gasteiger partial charge is 0.492 e. The number of hydrogen-bond acceptors (Lipinski definition) is 6. The molecule has 0 saturated heterocycles. The zero-order valence-electron chi connectivity index (χ0n) is 14.0. The third-order valence-corrected chi connectivity index (χ3v) is 3.83. The van der Waals surface area contributed by atoms with E-state index < -0.39 is 16.9 Å². The molecule has 1 aliphatic heterocycles. The Hall–Kier alpha value is -3.42. The summed E-state index contributed by atoms with van der Waals surface area (Å²) in [6.45, 7) is 1.98. The monoisotopic (exact) mass is 355 g/mol. The Morgan fingerprint density at radius 2 is 2.00 bits per heavy atom. The number of rotatable bonds is 5. The molecular weight excluding hydrogens is 338 g/mol. The van der Waals surface area contributed by atoms with E-state index in [0.717, 1.165) is 11.3 Å². The molecule has 0 radical (unpaired) electrons. The van der Waals surface area contributed by atoms with Crippen LogP contribution in [0.15, 0.2) is 53.6 Å². The van der Waals surface area contributed by atoms with Crippen LogP contribution in [0.2, 0.25) is 0 Å². The molecule has 0 unspecified atom stereocenters. The number of benzene rings is 2. The summed E-state index contributed by atoms with van der Waals surface area (Å²) >= 11 is 0. The van der Waals surface area contributed by atoms with Crippen LogP contribution in [-0.2, 0) is 4.79 Å². The maximum Gasteiger partial charge on any atom is 0.310 e. The van der Waals surface area contributed by atoms with Gasteiger partial charge in [0.2, 0.25) is 0 Å². The predicted octanol–water partition coefficient (Wildman–Crippen LogP) is 2.67. The summed E-state index contributed by atoms with van der Waals surface area (Å²) in [6.07, 6.45) is -0.382. The molecule has 3 rings (SSSR count). The van der Waals surface area contributed by atoms with Crippen LogP contribution in [0.25, 0.3) is 0 Å². The van der Waals surface area contributed by atoms with Crippen molar-refractivity contribution < 1.29 is 19.2 Å². The van der Waals surface area contributed by atoms with Crippen LogP contribution in [0.4, 0.5) is 5.69 Å². The second kappa shape index (κ2) is 7.64. The minimum absolute atomic E-state index is 0.0317. The average molecular weight is 355 g/mol. The van der Waals surface area contributed by atoms with Gasteiger partial charge in [0.05, 0.1) is 17.2 Å². The van der Waals surface area contributed by atoms with Gasteiger partial charge in [0.1, 0.15) is 5.75 Å². The topological polar surface area (TPSA) is 103 Å². The summed E-state index contributed by atoms with van der Waals surface area (Å²) in [7, 11) is 0. The number of fused-ring (bicyclic) bond motifs is 1. The van der Waals surface area contributed by atoms with Crippen molar-refractivity contribution in [3.63, 3.8) is 0 Å². The number of nitrogens with zero attached hydrogens (tertiary/aromatic N) is 2. The van der Waals surface area contributed by atoms with Crippen molar-refractivity contribution in [3.8, 4) is 11.5 Å². The SMILES string of the molecule is C[C@@H](Oc1ccccc1[N+](=O)[O-])C(=O)N/N=C1/CCOc2ccccc21. The van der Waals surface area contributed by atoms with Crippen molar-refractivity contribution in [2.45, 2.75) is 19.4 Å². The van der Waals surface area contributed by atoms with Gasteiger partial charge >= 0.3 is 5.69 Å². The van der Waals surface area contributed by atoms with Gasteiger partial charge in [-0.1, -0.05) is 24.3 Å². The number of nitro benzene ring substituents is 1. The Kier molecular flexibility index (Phi) is 5.12. The summed E-state index contributed by atoms with van der Waals surface area (Å²) in [4.78, 5) is 22.7. The van der Waals surface area contributed by atoms with Crippen molar-refractivity contribution in [2.24, 2.45) is 5.10 Å². The molecule has 0 aliphatic carbocycles. The van der Waals surface area contributed by atoms with E-state index in [1.54, 1.807) is 6.07 Å². The van der Waals surface area contributed by atoms with Gasteiger partial charge in [-0.05, 0) is 25.1 Å². The fourth-order valence-electron chi connectivity index (χ4n) is 2.50. The molecule has 26 heavy (non-hydrogen) atoms. The van der Waals surface area contributed by atoms with Crippen molar-refractivity contribution in [1.82, 2.24) is 5.43 Å². The van der Waals surface area contributed by atoms with E-state index in [9.17, 15) is 14.9 Å². The minimum Gasteiger partial charge on any atom is -0.492 e. The van der Waals surface area contributed by atoms with Gasteiger partial charge in [0, 0.05) is 18.1 Å². The lowest BCUT2D eigenvalue weighted by molar-refractivity contribution is -0.386. The molecule has 8 nitrogen and oxygen atoms in total. The molecule has 1 heterocycles. The Morgan fingerprint density at radius 3 is 2.81 bits per heavy atom. The number of ether oxygens (including phenoxy) is 2. The number of amides is 1. The summed E-state index contributed by atoms with van der Waals surface area (Å²) < 4.78 is 11.0. The van der Waals surface area contributed by atoms with Crippen molar-refractivity contribution >= 4 is 17.3 Å². The zero-order chi connectivity index (χ0) is 18.5.